The molecule has 10 heteroatoms. The molecule has 1 aliphatic heterocycles. The Labute approximate surface area is 236 Å². The summed E-state index contributed by atoms with van der Waals surface area (Å²) >= 11 is 9.73. The van der Waals surface area contributed by atoms with Crippen molar-refractivity contribution in [1.82, 2.24) is 24.3 Å². The molecule has 0 atom stereocenters. The molecule has 39 heavy (non-hydrogen) atoms. The molecule has 0 radical (unpaired) electrons. The Morgan fingerprint density at radius 1 is 0.974 bits per heavy atom. The van der Waals surface area contributed by atoms with Gasteiger partial charge in [-0.2, -0.15) is 0 Å². The van der Waals surface area contributed by atoms with Gasteiger partial charge in [-0.15, -0.1) is 0 Å². The van der Waals surface area contributed by atoms with Gasteiger partial charge >= 0.3 is 5.69 Å². The predicted molar refractivity (Wildman–Crippen MR) is 153 cm³/mol. The quantitative estimate of drug-likeness (QED) is 0.273. The molecule has 0 fully saturated rings. The topological polar surface area (TPSA) is 92.1 Å². The second-order valence-corrected chi connectivity index (χ2v) is 10.7. The first kappa shape index (κ1) is 25.4. The highest BCUT2D eigenvalue weighted by molar-refractivity contribution is 9.10. The summed E-state index contributed by atoms with van der Waals surface area (Å²) in [6, 6.07) is 21.7. The van der Waals surface area contributed by atoms with Gasteiger partial charge < -0.3 is 4.98 Å². The van der Waals surface area contributed by atoms with Crippen molar-refractivity contribution in [3.8, 4) is 5.69 Å². The van der Waals surface area contributed by atoms with E-state index in [0.29, 0.717) is 48.1 Å². The zero-order valence-electron chi connectivity index (χ0n) is 20.7. The molecule has 3 heterocycles. The number of halogens is 2. The first-order valence-corrected chi connectivity index (χ1v) is 13.5. The lowest BCUT2D eigenvalue weighted by Gasteiger charge is -2.28. The monoisotopic (exact) mass is 603 g/mol. The van der Waals surface area contributed by atoms with E-state index in [-0.39, 0.29) is 11.4 Å². The van der Waals surface area contributed by atoms with Gasteiger partial charge in [0.05, 0.1) is 16.4 Å². The Balaban J connectivity index is 1.41. The zero-order valence-corrected chi connectivity index (χ0v) is 23.0. The van der Waals surface area contributed by atoms with E-state index in [9.17, 15) is 14.4 Å². The molecule has 0 saturated heterocycles. The number of rotatable bonds is 5. The van der Waals surface area contributed by atoms with Gasteiger partial charge in [-0.3, -0.25) is 28.9 Å². The van der Waals surface area contributed by atoms with Crippen LogP contribution in [-0.4, -0.2) is 37.4 Å². The fraction of sp³-hybridized carbons (Fsp3) is 0.138. The summed E-state index contributed by atoms with van der Waals surface area (Å²) in [6.45, 7) is 1.96. The molecule has 0 unspecified atom stereocenters. The number of nitrogens with zero attached hydrogens (tertiary/aromatic N) is 3. The molecule has 2 aromatic heterocycles. The highest BCUT2D eigenvalue weighted by atomic mass is 79.9. The third-order valence-corrected chi connectivity index (χ3v) is 8.15. The number of amides is 2. The van der Waals surface area contributed by atoms with E-state index in [4.69, 9.17) is 11.6 Å². The first-order valence-electron chi connectivity index (χ1n) is 12.4. The lowest BCUT2D eigenvalue weighted by Crippen LogP contribution is -2.37. The molecule has 0 bridgehead atoms. The van der Waals surface area contributed by atoms with Crippen LogP contribution in [0.2, 0.25) is 5.02 Å². The van der Waals surface area contributed by atoms with Gasteiger partial charge in [-0.05, 0) is 70.0 Å². The SMILES string of the molecule is O=C(NC(=O)c1c2n(c(=O)n1-c1ccc3[nH]ccc3c1)CCN(Cc1ccc(Br)c(Cl)c1)C2)c1ccccc1. The summed E-state index contributed by atoms with van der Waals surface area (Å²) in [5, 5.41) is 4.02. The van der Waals surface area contributed by atoms with Crippen molar-refractivity contribution < 1.29 is 9.59 Å². The smallest absolute Gasteiger partial charge is 0.333 e. The van der Waals surface area contributed by atoms with Gasteiger partial charge in [0.25, 0.3) is 11.8 Å². The third kappa shape index (κ3) is 4.85. The molecule has 3 aromatic carbocycles. The largest absolute Gasteiger partial charge is 0.361 e. The van der Waals surface area contributed by atoms with E-state index in [1.54, 1.807) is 41.0 Å². The lowest BCUT2D eigenvalue weighted by atomic mass is 10.1. The Kier molecular flexibility index (Phi) is 6.72. The maximum atomic E-state index is 13.7. The van der Waals surface area contributed by atoms with Crippen LogP contribution in [0, 0.1) is 0 Å². The third-order valence-electron chi connectivity index (χ3n) is 6.92. The molecule has 1 aliphatic rings. The number of carbonyl (C=O) groups is 2. The average molecular weight is 605 g/mol. The van der Waals surface area contributed by atoms with Crippen molar-refractivity contribution in [3.05, 3.63) is 121 Å². The minimum Gasteiger partial charge on any atom is -0.361 e. The van der Waals surface area contributed by atoms with Crippen LogP contribution < -0.4 is 11.0 Å². The lowest BCUT2D eigenvalue weighted by molar-refractivity contribution is 0.0843. The number of hydrogen-bond acceptors (Lipinski definition) is 4. The minimum absolute atomic E-state index is 0.151. The minimum atomic E-state index is -0.627. The molecule has 2 N–H and O–H groups in total. The Morgan fingerprint density at radius 2 is 1.79 bits per heavy atom. The maximum Gasteiger partial charge on any atom is 0.333 e. The van der Waals surface area contributed by atoms with Crippen molar-refractivity contribution in [2.45, 2.75) is 19.6 Å². The van der Waals surface area contributed by atoms with Crippen molar-refractivity contribution in [3.63, 3.8) is 0 Å². The van der Waals surface area contributed by atoms with Gasteiger partial charge in [-0.25, -0.2) is 4.79 Å². The van der Waals surface area contributed by atoms with Gasteiger partial charge in [0.2, 0.25) is 0 Å². The van der Waals surface area contributed by atoms with Gasteiger partial charge in [0.15, 0.2) is 0 Å². The fourth-order valence-corrected chi connectivity index (χ4v) is 5.47. The summed E-state index contributed by atoms with van der Waals surface area (Å²) in [6.07, 6.45) is 1.82. The van der Waals surface area contributed by atoms with Crippen molar-refractivity contribution in [2.24, 2.45) is 0 Å². The fourth-order valence-electron chi connectivity index (χ4n) is 5.02. The van der Waals surface area contributed by atoms with Crippen LogP contribution in [0.5, 0.6) is 0 Å². The number of hydrogen-bond donors (Lipinski definition) is 2. The summed E-state index contributed by atoms with van der Waals surface area (Å²) in [5.74, 6) is -1.16. The van der Waals surface area contributed by atoms with Crippen LogP contribution in [0.3, 0.4) is 0 Å². The summed E-state index contributed by atoms with van der Waals surface area (Å²) in [7, 11) is 0. The average Bonchev–Trinajstić information content (AvgIpc) is 3.52. The molecule has 0 spiro atoms. The maximum absolute atomic E-state index is 13.7. The molecule has 5 aromatic rings. The van der Waals surface area contributed by atoms with Crippen LogP contribution in [0.15, 0.2) is 88.3 Å². The summed E-state index contributed by atoms with van der Waals surface area (Å²) < 4.78 is 3.86. The van der Waals surface area contributed by atoms with E-state index in [0.717, 1.165) is 20.9 Å². The number of aromatic nitrogens is 3. The van der Waals surface area contributed by atoms with Gasteiger partial charge in [0, 0.05) is 53.3 Å². The summed E-state index contributed by atoms with van der Waals surface area (Å²) in [5.41, 5.74) is 3.23. The molecule has 2 amide bonds. The Morgan fingerprint density at radius 3 is 2.59 bits per heavy atom. The number of benzene rings is 3. The second-order valence-electron chi connectivity index (χ2n) is 9.42. The molecular formula is C29H23BrClN5O3. The van der Waals surface area contributed by atoms with Crippen molar-refractivity contribution >= 4 is 50.2 Å². The van der Waals surface area contributed by atoms with E-state index in [2.05, 4.69) is 31.1 Å². The van der Waals surface area contributed by atoms with E-state index < -0.39 is 11.8 Å². The number of imidazole rings is 1. The molecule has 8 nitrogen and oxygen atoms in total. The number of fused-ring (bicyclic) bond motifs is 2. The molecule has 0 saturated carbocycles. The standard InChI is InChI=1S/C29H23BrClN5O3/c30-22-8-6-18(14-23(22)31)16-34-12-13-35-25(17-34)26(28(38)33-27(37)19-4-2-1-3-5-19)36(29(35)39)21-7-9-24-20(15-21)10-11-32-24/h1-11,14-15,32H,12-13,16-17H2,(H,33,37,38). The first-order chi connectivity index (χ1) is 18.9. The zero-order chi connectivity index (χ0) is 27.1. The number of H-pyrrole nitrogens is 1. The van der Waals surface area contributed by atoms with Gasteiger partial charge in [0.1, 0.15) is 5.69 Å². The van der Waals surface area contributed by atoms with E-state index >= 15 is 0 Å². The summed E-state index contributed by atoms with van der Waals surface area (Å²) in [4.78, 5) is 45.6. The van der Waals surface area contributed by atoms with Crippen LogP contribution in [0.4, 0.5) is 0 Å². The molecular weight excluding hydrogens is 582 g/mol. The van der Waals surface area contributed by atoms with E-state index in [1.807, 2.05) is 42.6 Å². The van der Waals surface area contributed by atoms with Crippen LogP contribution in [0.1, 0.15) is 32.1 Å². The molecule has 196 valence electrons. The molecule has 6 rings (SSSR count). The molecule has 0 aliphatic carbocycles. The Bertz CT molecular complexity index is 1790. The highest BCUT2D eigenvalue weighted by Crippen LogP contribution is 2.26. The van der Waals surface area contributed by atoms with Crippen LogP contribution in [-0.2, 0) is 19.6 Å². The highest BCUT2D eigenvalue weighted by Gasteiger charge is 2.31. The normalized spacial score (nSPS) is 13.4. The Hall–Kier alpha value is -3.92. The number of carbonyl (C=O) groups excluding carboxylic acids is 2. The number of aromatic amines is 1. The van der Waals surface area contributed by atoms with Crippen LogP contribution in [0.25, 0.3) is 16.6 Å². The van der Waals surface area contributed by atoms with Crippen LogP contribution >= 0.6 is 27.5 Å². The second kappa shape index (κ2) is 10.3. The van der Waals surface area contributed by atoms with Crippen molar-refractivity contribution in [2.75, 3.05) is 6.54 Å². The number of nitrogens with one attached hydrogen (secondary N) is 2. The van der Waals surface area contributed by atoms with Crippen molar-refractivity contribution in [1.29, 1.82) is 0 Å². The van der Waals surface area contributed by atoms with Gasteiger partial charge in [-0.1, -0.05) is 35.9 Å². The number of imide groups is 1. The predicted octanol–water partition coefficient (Wildman–Crippen LogP) is 5.12. The van der Waals surface area contributed by atoms with E-state index in [1.165, 1.54) is 4.57 Å².